The Morgan fingerprint density at radius 3 is 1.60 bits per heavy atom. The van der Waals surface area contributed by atoms with Gasteiger partial charge in [-0.1, -0.05) is 182 Å². The molecule has 11 aromatic rings. The molecule has 57 heavy (non-hydrogen) atoms. The molecule has 0 radical (unpaired) electrons. The van der Waals surface area contributed by atoms with Crippen LogP contribution >= 0.6 is 0 Å². The second-order valence-electron chi connectivity index (χ2n) is 14.4. The zero-order valence-corrected chi connectivity index (χ0v) is 30.9. The Balaban J connectivity index is 1.22. The van der Waals surface area contributed by atoms with Crippen LogP contribution in [0.15, 0.2) is 206 Å². The predicted octanol–water partition coefficient (Wildman–Crippen LogP) is 13.6. The first-order chi connectivity index (χ1) is 28.3. The number of rotatable bonds is 6. The summed E-state index contributed by atoms with van der Waals surface area (Å²) in [6.07, 6.45) is 0. The number of hydrogen-bond acceptors (Lipinski definition) is 3. The van der Waals surface area contributed by atoms with Crippen molar-refractivity contribution in [2.45, 2.75) is 0 Å². The normalized spacial score (nSPS) is 11.5. The first kappa shape index (κ1) is 32.7. The summed E-state index contributed by atoms with van der Waals surface area (Å²) in [6.45, 7) is 0. The molecular weight excluding hydrogens is 693 g/mol. The molecule has 0 N–H and O–H groups in total. The SMILES string of the molecule is c1ccc(-c2nc(-c3ccccc3-c3ccccc3)nc(-c3cc4ccccc4cc3-n3c4ccccc4c4c(-c5cccc6ccccc56)cccc43)n2)cc1. The summed E-state index contributed by atoms with van der Waals surface area (Å²) in [5, 5.41) is 7.11. The van der Waals surface area contributed by atoms with Gasteiger partial charge in [0.05, 0.1) is 16.7 Å². The summed E-state index contributed by atoms with van der Waals surface area (Å²) in [4.78, 5) is 15.9. The minimum Gasteiger partial charge on any atom is -0.308 e. The van der Waals surface area contributed by atoms with Crippen molar-refractivity contribution in [2.75, 3.05) is 0 Å². The molecule has 0 aliphatic carbocycles. The average Bonchev–Trinajstić information content (AvgIpc) is 3.63. The maximum atomic E-state index is 5.39. The topological polar surface area (TPSA) is 43.6 Å². The smallest absolute Gasteiger partial charge is 0.166 e. The molecule has 4 nitrogen and oxygen atoms in total. The standard InChI is InChI=1S/C53H34N4/c1-3-17-35(18-4-1)41-26-11-12-27-44(41)52-54-51(37-20-5-2-6-21-37)55-53(56-52)46-33-38-22-7-8-23-39(38)34-49(46)57-47-31-14-13-28-45(47)50-43(30-16-32-48(50)57)42-29-15-24-36-19-9-10-25-40(36)42/h1-34H. The van der Waals surface area contributed by atoms with Crippen molar-refractivity contribution >= 4 is 43.4 Å². The predicted molar refractivity (Wildman–Crippen MR) is 236 cm³/mol. The van der Waals surface area contributed by atoms with Gasteiger partial charge in [-0.2, -0.15) is 0 Å². The third kappa shape index (κ3) is 5.58. The summed E-state index contributed by atoms with van der Waals surface area (Å²) >= 11 is 0. The van der Waals surface area contributed by atoms with Gasteiger partial charge < -0.3 is 4.57 Å². The lowest BCUT2D eigenvalue weighted by Crippen LogP contribution is -2.04. The van der Waals surface area contributed by atoms with Crippen LogP contribution in [0.5, 0.6) is 0 Å². The first-order valence-electron chi connectivity index (χ1n) is 19.3. The maximum Gasteiger partial charge on any atom is 0.166 e. The zero-order chi connectivity index (χ0) is 37.7. The Hall–Kier alpha value is -7.69. The van der Waals surface area contributed by atoms with E-state index in [4.69, 9.17) is 15.0 Å². The van der Waals surface area contributed by atoms with Crippen molar-refractivity contribution in [1.82, 2.24) is 19.5 Å². The highest BCUT2D eigenvalue weighted by molar-refractivity contribution is 6.18. The van der Waals surface area contributed by atoms with E-state index in [0.717, 1.165) is 55.3 Å². The molecule has 0 fully saturated rings. The summed E-state index contributed by atoms with van der Waals surface area (Å²) in [6, 6.07) is 72.8. The highest BCUT2D eigenvalue weighted by atomic mass is 15.1. The van der Waals surface area contributed by atoms with Crippen LogP contribution in [0.4, 0.5) is 0 Å². The van der Waals surface area contributed by atoms with Crippen LogP contribution in [0, 0.1) is 0 Å². The molecule has 0 aliphatic rings. The van der Waals surface area contributed by atoms with Gasteiger partial charge in [-0.25, -0.2) is 15.0 Å². The van der Waals surface area contributed by atoms with Crippen molar-refractivity contribution in [3.8, 4) is 62.1 Å². The van der Waals surface area contributed by atoms with Crippen LogP contribution < -0.4 is 0 Å². The average molecular weight is 727 g/mol. The maximum absolute atomic E-state index is 5.39. The lowest BCUT2D eigenvalue weighted by molar-refractivity contribution is 1.07. The monoisotopic (exact) mass is 726 g/mol. The fraction of sp³-hybridized carbons (Fsp3) is 0. The molecule has 0 atom stereocenters. The van der Waals surface area contributed by atoms with Gasteiger partial charge in [0, 0.05) is 27.5 Å². The van der Waals surface area contributed by atoms with Gasteiger partial charge in [0.25, 0.3) is 0 Å². The molecule has 2 aromatic heterocycles. The van der Waals surface area contributed by atoms with Crippen molar-refractivity contribution in [3.63, 3.8) is 0 Å². The highest BCUT2D eigenvalue weighted by Crippen LogP contribution is 2.43. The number of nitrogens with zero attached hydrogens (tertiary/aromatic N) is 4. The molecule has 0 unspecified atom stereocenters. The summed E-state index contributed by atoms with van der Waals surface area (Å²) < 4.78 is 2.41. The number of para-hydroxylation sites is 1. The summed E-state index contributed by atoms with van der Waals surface area (Å²) in [5.41, 5.74) is 10.6. The second kappa shape index (κ2) is 13.6. The van der Waals surface area contributed by atoms with E-state index in [2.05, 4.69) is 187 Å². The van der Waals surface area contributed by atoms with E-state index < -0.39 is 0 Å². The molecule has 266 valence electrons. The zero-order valence-electron chi connectivity index (χ0n) is 30.9. The summed E-state index contributed by atoms with van der Waals surface area (Å²) in [7, 11) is 0. The molecule has 9 aromatic carbocycles. The summed E-state index contributed by atoms with van der Waals surface area (Å²) in [5.74, 6) is 1.86. The van der Waals surface area contributed by atoms with Crippen LogP contribution in [-0.2, 0) is 0 Å². The Bertz CT molecular complexity index is 3290. The molecule has 0 amide bonds. The minimum atomic E-state index is 0.610. The fourth-order valence-electron chi connectivity index (χ4n) is 8.44. The molecule has 0 saturated carbocycles. The van der Waals surface area contributed by atoms with Gasteiger partial charge in [-0.05, 0) is 68.1 Å². The van der Waals surface area contributed by atoms with Gasteiger partial charge in [0.2, 0.25) is 0 Å². The van der Waals surface area contributed by atoms with Crippen LogP contribution in [0.25, 0.3) is 105 Å². The third-order valence-corrected chi connectivity index (χ3v) is 11.0. The van der Waals surface area contributed by atoms with Crippen molar-refractivity contribution in [2.24, 2.45) is 0 Å². The molecule has 0 aliphatic heterocycles. The molecule has 4 heteroatoms. The van der Waals surface area contributed by atoms with Gasteiger partial charge in [0.1, 0.15) is 0 Å². The van der Waals surface area contributed by atoms with Crippen LogP contribution in [-0.4, -0.2) is 19.5 Å². The molecule has 0 saturated heterocycles. The third-order valence-electron chi connectivity index (χ3n) is 11.0. The fourth-order valence-corrected chi connectivity index (χ4v) is 8.44. The van der Waals surface area contributed by atoms with E-state index in [1.807, 2.05) is 24.3 Å². The largest absolute Gasteiger partial charge is 0.308 e. The van der Waals surface area contributed by atoms with Gasteiger partial charge in [-0.3, -0.25) is 0 Å². The quantitative estimate of drug-likeness (QED) is 0.171. The Morgan fingerprint density at radius 2 is 0.807 bits per heavy atom. The van der Waals surface area contributed by atoms with E-state index in [1.54, 1.807) is 0 Å². The van der Waals surface area contributed by atoms with Crippen molar-refractivity contribution < 1.29 is 0 Å². The van der Waals surface area contributed by atoms with Gasteiger partial charge >= 0.3 is 0 Å². The van der Waals surface area contributed by atoms with Crippen LogP contribution in [0.3, 0.4) is 0 Å². The van der Waals surface area contributed by atoms with E-state index in [9.17, 15) is 0 Å². The van der Waals surface area contributed by atoms with Crippen molar-refractivity contribution in [1.29, 1.82) is 0 Å². The van der Waals surface area contributed by atoms with Gasteiger partial charge in [-0.15, -0.1) is 0 Å². The van der Waals surface area contributed by atoms with Gasteiger partial charge in [0.15, 0.2) is 17.5 Å². The molecule has 0 bridgehead atoms. The molecular formula is C53H34N4. The van der Waals surface area contributed by atoms with Crippen LogP contribution in [0.2, 0.25) is 0 Å². The minimum absolute atomic E-state index is 0.610. The van der Waals surface area contributed by atoms with E-state index in [1.165, 1.54) is 32.7 Å². The Morgan fingerprint density at radius 1 is 0.298 bits per heavy atom. The number of hydrogen-bond donors (Lipinski definition) is 0. The Labute approximate surface area is 330 Å². The number of benzene rings is 9. The van der Waals surface area contributed by atoms with Crippen LogP contribution in [0.1, 0.15) is 0 Å². The molecule has 11 rings (SSSR count). The molecule has 2 heterocycles. The highest BCUT2D eigenvalue weighted by Gasteiger charge is 2.22. The number of aromatic nitrogens is 4. The number of fused-ring (bicyclic) bond motifs is 5. The van der Waals surface area contributed by atoms with E-state index >= 15 is 0 Å². The lowest BCUT2D eigenvalue weighted by Gasteiger charge is -2.17. The van der Waals surface area contributed by atoms with Crippen molar-refractivity contribution in [3.05, 3.63) is 206 Å². The van der Waals surface area contributed by atoms with E-state index in [-0.39, 0.29) is 0 Å². The van der Waals surface area contributed by atoms with E-state index in [0.29, 0.717) is 17.5 Å². The first-order valence-corrected chi connectivity index (χ1v) is 19.3. The second-order valence-corrected chi connectivity index (χ2v) is 14.4. The lowest BCUT2D eigenvalue weighted by atomic mass is 9.95. The molecule has 0 spiro atoms. The Kier molecular flexibility index (Phi) is 7.78.